The van der Waals surface area contributed by atoms with Crippen LogP contribution in [0.1, 0.15) is 26.2 Å². The van der Waals surface area contributed by atoms with Crippen molar-refractivity contribution in [3.63, 3.8) is 0 Å². The Labute approximate surface area is 63.2 Å². The summed E-state index contributed by atoms with van der Waals surface area (Å²) in [5.74, 6) is 3.14. The summed E-state index contributed by atoms with van der Waals surface area (Å²) in [5, 5.41) is 3.45. The molecular formula is C9H17N. The number of rotatable bonds is 1. The van der Waals surface area contributed by atoms with Crippen molar-refractivity contribution in [1.29, 1.82) is 0 Å². The van der Waals surface area contributed by atoms with E-state index in [1.165, 1.54) is 32.4 Å². The standard InChI is InChI=1S/C9H17N/c1-7-6-10-5-4-9(7)8-2-3-8/h7-10H,2-6H2,1H3. The highest BCUT2D eigenvalue weighted by atomic mass is 14.9. The lowest BCUT2D eigenvalue weighted by molar-refractivity contribution is 0.244. The van der Waals surface area contributed by atoms with Crippen LogP contribution in [0.4, 0.5) is 0 Å². The van der Waals surface area contributed by atoms with Gasteiger partial charge in [-0.15, -0.1) is 0 Å². The summed E-state index contributed by atoms with van der Waals surface area (Å²) in [6.07, 6.45) is 4.48. The fourth-order valence-electron chi connectivity index (χ4n) is 2.26. The highest BCUT2D eigenvalue weighted by molar-refractivity contribution is 4.87. The minimum atomic E-state index is 0.946. The number of piperidine rings is 1. The van der Waals surface area contributed by atoms with E-state index in [-0.39, 0.29) is 0 Å². The van der Waals surface area contributed by atoms with Gasteiger partial charge in [-0.2, -0.15) is 0 Å². The van der Waals surface area contributed by atoms with Crippen LogP contribution < -0.4 is 5.32 Å². The van der Waals surface area contributed by atoms with Crippen LogP contribution in [0, 0.1) is 17.8 Å². The van der Waals surface area contributed by atoms with Crippen molar-refractivity contribution < 1.29 is 0 Å². The Hall–Kier alpha value is -0.0400. The Morgan fingerprint density at radius 3 is 2.60 bits per heavy atom. The molecule has 1 saturated heterocycles. The molecule has 0 spiro atoms. The first kappa shape index (κ1) is 6.66. The van der Waals surface area contributed by atoms with Gasteiger partial charge in [0.15, 0.2) is 0 Å². The van der Waals surface area contributed by atoms with Crippen LogP contribution >= 0.6 is 0 Å². The SMILES string of the molecule is CC1CNCCC1C1CC1. The Kier molecular flexibility index (Phi) is 1.69. The maximum absolute atomic E-state index is 3.45. The third-order valence-electron chi connectivity index (χ3n) is 3.08. The fraction of sp³-hybridized carbons (Fsp3) is 1.00. The van der Waals surface area contributed by atoms with Gasteiger partial charge in [0.25, 0.3) is 0 Å². The van der Waals surface area contributed by atoms with Crippen molar-refractivity contribution in [3.05, 3.63) is 0 Å². The molecule has 0 bridgehead atoms. The predicted molar refractivity (Wildman–Crippen MR) is 42.9 cm³/mol. The summed E-state index contributed by atoms with van der Waals surface area (Å²) in [6.45, 7) is 4.93. The molecule has 1 aliphatic carbocycles. The molecule has 1 nitrogen and oxygen atoms in total. The van der Waals surface area contributed by atoms with E-state index in [9.17, 15) is 0 Å². The molecule has 1 heteroatoms. The van der Waals surface area contributed by atoms with E-state index in [0.717, 1.165) is 17.8 Å². The molecule has 10 heavy (non-hydrogen) atoms. The lowest BCUT2D eigenvalue weighted by atomic mass is 9.84. The van der Waals surface area contributed by atoms with E-state index in [2.05, 4.69) is 12.2 Å². The Morgan fingerprint density at radius 2 is 2.00 bits per heavy atom. The lowest BCUT2D eigenvalue weighted by Crippen LogP contribution is -2.35. The predicted octanol–water partition coefficient (Wildman–Crippen LogP) is 1.64. The monoisotopic (exact) mass is 139 g/mol. The quantitative estimate of drug-likeness (QED) is 0.582. The molecule has 0 aromatic heterocycles. The zero-order chi connectivity index (χ0) is 6.97. The molecule has 58 valence electrons. The van der Waals surface area contributed by atoms with Crippen molar-refractivity contribution in [2.75, 3.05) is 13.1 Å². The van der Waals surface area contributed by atoms with Gasteiger partial charge in [-0.3, -0.25) is 0 Å². The molecular weight excluding hydrogens is 122 g/mol. The summed E-state index contributed by atoms with van der Waals surface area (Å²) in [5.41, 5.74) is 0. The summed E-state index contributed by atoms with van der Waals surface area (Å²) >= 11 is 0. The second-order valence-electron chi connectivity index (χ2n) is 3.97. The van der Waals surface area contributed by atoms with Crippen LogP contribution in [-0.4, -0.2) is 13.1 Å². The van der Waals surface area contributed by atoms with E-state index < -0.39 is 0 Å². The van der Waals surface area contributed by atoms with E-state index in [1.54, 1.807) is 0 Å². The second-order valence-corrected chi connectivity index (χ2v) is 3.97. The van der Waals surface area contributed by atoms with Crippen LogP contribution in [0.15, 0.2) is 0 Å². The molecule has 1 N–H and O–H groups in total. The molecule has 0 amide bonds. The average Bonchev–Trinajstić information content (AvgIpc) is 2.71. The zero-order valence-electron chi connectivity index (χ0n) is 6.77. The molecule has 1 aliphatic heterocycles. The van der Waals surface area contributed by atoms with E-state index in [4.69, 9.17) is 0 Å². The van der Waals surface area contributed by atoms with Gasteiger partial charge in [-0.25, -0.2) is 0 Å². The first-order chi connectivity index (χ1) is 4.88. The van der Waals surface area contributed by atoms with Gasteiger partial charge in [-0.1, -0.05) is 6.92 Å². The minimum Gasteiger partial charge on any atom is -0.316 e. The number of hydrogen-bond donors (Lipinski definition) is 1. The van der Waals surface area contributed by atoms with Crippen molar-refractivity contribution in [1.82, 2.24) is 5.32 Å². The topological polar surface area (TPSA) is 12.0 Å². The van der Waals surface area contributed by atoms with Gasteiger partial charge in [-0.05, 0) is 50.1 Å². The number of nitrogens with one attached hydrogen (secondary N) is 1. The lowest BCUT2D eigenvalue weighted by Gasteiger charge is -2.29. The van der Waals surface area contributed by atoms with Gasteiger partial charge in [0.05, 0.1) is 0 Å². The summed E-state index contributed by atoms with van der Waals surface area (Å²) in [6, 6.07) is 0. The van der Waals surface area contributed by atoms with Crippen LogP contribution in [0.3, 0.4) is 0 Å². The highest BCUT2D eigenvalue weighted by Crippen LogP contribution is 2.42. The van der Waals surface area contributed by atoms with E-state index in [0.29, 0.717) is 0 Å². The molecule has 0 aromatic rings. The Morgan fingerprint density at radius 1 is 1.20 bits per heavy atom. The zero-order valence-corrected chi connectivity index (χ0v) is 6.77. The first-order valence-electron chi connectivity index (χ1n) is 4.58. The summed E-state index contributed by atoms with van der Waals surface area (Å²) in [7, 11) is 0. The Balaban J connectivity index is 1.90. The second kappa shape index (κ2) is 2.54. The normalized spacial score (nSPS) is 41.7. The number of hydrogen-bond acceptors (Lipinski definition) is 1. The molecule has 2 atom stereocenters. The smallest absolute Gasteiger partial charge is 0.00204 e. The van der Waals surface area contributed by atoms with Crippen LogP contribution in [0.5, 0.6) is 0 Å². The molecule has 1 saturated carbocycles. The Bertz CT molecular complexity index is 118. The maximum Gasteiger partial charge on any atom is -0.00204 e. The molecule has 0 aromatic carbocycles. The molecule has 2 aliphatic rings. The first-order valence-corrected chi connectivity index (χ1v) is 4.58. The van der Waals surface area contributed by atoms with Gasteiger partial charge in [0.1, 0.15) is 0 Å². The maximum atomic E-state index is 3.45. The average molecular weight is 139 g/mol. The van der Waals surface area contributed by atoms with Crippen LogP contribution in [0.25, 0.3) is 0 Å². The van der Waals surface area contributed by atoms with E-state index in [1.807, 2.05) is 0 Å². The van der Waals surface area contributed by atoms with Crippen molar-refractivity contribution in [2.24, 2.45) is 17.8 Å². The highest BCUT2D eigenvalue weighted by Gasteiger charge is 2.35. The molecule has 2 fully saturated rings. The van der Waals surface area contributed by atoms with Crippen LogP contribution in [0.2, 0.25) is 0 Å². The molecule has 1 heterocycles. The third-order valence-corrected chi connectivity index (χ3v) is 3.08. The third kappa shape index (κ3) is 1.20. The van der Waals surface area contributed by atoms with Crippen molar-refractivity contribution >= 4 is 0 Å². The summed E-state index contributed by atoms with van der Waals surface area (Å²) < 4.78 is 0. The van der Waals surface area contributed by atoms with Crippen LogP contribution in [-0.2, 0) is 0 Å². The van der Waals surface area contributed by atoms with Gasteiger partial charge in [0, 0.05) is 0 Å². The summed E-state index contributed by atoms with van der Waals surface area (Å²) in [4.78, 5) is 0. The van der Waals surface area contributed by atoms with Gasteiger partial charge < -0.3 is 5.32 Å². The van der Waals surface area contributed by atoms with Gasteiger partial charge >= 0.3 is 0 Å². The van der Waals surface area contributed by atoms with Gasteiger partial charge in [0.2, 0.25) is 0 Å². The van der Waals surface area contributed by atoms with E-state index >= 15 is 0 Å². The largest absolute Gasteiger partial charge is 0.316 e. The fourth-order valence-corrected chi connectivity index (χ4v) is 2.26. The van der Waals surface area contributed by atoms with Crippen molar-refractivity contribution in [3.8, 4) is 0 Å². The van der Waals surface area contributed by atoms with Crippen molar-refractivity contribution in [2.45, 2.75) is 26.2 Å². The minimum absolute atomic E-state index is 0.946. The molecule has 2 rings (SSSR count). The molecule has 2 unspecified atom stereocenters. The molecule has 0 radical (unpaired) electrons.